The molecule has 0 aliphatic rings. The molecule has 0 bridgehead atoms. The van der Waals surface area contributed by atoms with Crippen LogP contribution >= 0.6 is 0 Å². The molecule has 140 valence electrons. The molecule has 1 heterocycles. The third kappa shape index (κ3) is 4.47. The minimum atomic E-state index is -0.359. The van der Waals surface area contributed by atoms with Crippen molar-refractivity contribution >= 4 is 5.91 Å². The maximum absolute atomic E-state index is 12.6. The zero-order valence-electron chi connectivity index (χ0n) is 15.7. The first-order valence-corrected chi connectivity index (χ1v) is 8.67. The Bertz CT molecular complexity index is 906. The largest absolute Gasteiger partial charge is 0.493 e. The van der Waals surface area contributed by atoms with E-state index in [1.165, 1.54) is 0 Å². The molecule has 0 spiro atoms. The second-order valence-corrected chi connectivity index (χ2v) is 6.25. The highest BCUT2D eigenvalue weighted by Crippen LogP contribution is 2.27. The first-order chi connectivity index (χ1) is 13.1. The van der Waals surface area contributed by atoms with E-state index in [1.54, 1.807) is 19.4 Å². The van der Waals surface area contributed by atoms with E-state index in [2.05, 4.69) is 10.3 Å². The lowest BCUT2D eigenvalue weighted by atomic mass is 10.1. The molecule has 3 rings (SSSR count). The van der Waals surface area contributed by atoms with Crippen LogP contribution in [-0.2, 0) is 11.8 Å². The molecule has 0 aliphatic heterocycles. The van der Waals surface area contributed by atoms with Crippen LogP contribution in [0.3, 0.4) is 0 Å². The number of carbonyl (C=O) groups is 1. The Labute approximate surface area is 158 Å². The molecule has 1 N–H and O–H groups in total. The summed E-state index contributed by atoms with van der Waals surface area (Å²) in [5.41, 5.74) is 2.01. The lowest BCUT2D eigenvalue weighted by molar-refractivity contribution is -0.123. The van der Waals surface area contributed by atoms with Gasteiger partial charge in [0.05, 0.1) is 7.11 Å². The number of hydrogen-bond donors (Lipinski definition) is 1. The maximum Gasteiger partial charge on any atom is 0.258 e. The predicted molar refractivity (Wildman–Crippen MR) is 103 cm³/mol. The third-order valence-electron chi connectivity index (χ3n) is 4.23. The van der Waals surface area contributed by atoms with Crippen LogP contribution in [0.25, 0.3) is 0 Å². The molecule has 1 aromatic heterocycles. The van der Waals surface area contributed by atoms with Crippen molar-refractivity contribution in [2.45, 2.75) is 13.0 Å². The summed E-state index contributed by atoms with van der Waals surface area (Å²) in [7, 11) is 3.48. The average molecular weight is 365 g/mol. The van der Waals surface area contributed by atoms with Gasteiger partial charge in [0.15, 0.2) is 18.1 Å². The van der Waals surface area contributed by atoms with Gasteiger partial charge >= 0.3 is 0 Å². The molecule has 1 amide bonds. The summed E-state index contributed by atoms with van der Waals surface area (Å²) in [5.74, 6) is 1.65. The van der Waals surface area contributed by atoms with E-state index in [-0.39, 0.29) is 18.6 Å². The normalized spacial score (nSPS) is 11.7. The zero-order chi connectivity index (χ0) is 19.2. The molecule has 3 aromatic rings. The summed E-state index contributed by atoms with van der Waals surface area (Å²) in [4.78, 5) is 16.9. The molecule has 0 aliphatic carbocycles. The number of rotatable bonds is 7. The van der Waals surface area contributed by atoms with Gasteiger partial charge in [-0.05, 0) is 30.2 Å². The molecule has 1 unspecified atom stereocenters. The van der Waals surface area contributed by atoms with Gasteiger partial charge in [0, 0.05) is 19.4 Å². The van der Waals surface area contributed by atoms with E-state index in [0.29, 0.717) is 11.5 Å². The second-order valence-electron chi connectivity index (χ2n) is 6.25. The van der Waals surface area contributed by atoms with E-state index in [9.17, 15) is 4.79 Å². The number of aromatic nitrogens is 2. The molecule has 0 radical (unpaired) electrons. The van der Waals surface area contributed by atoms with Crippen LogP contribution in [0.2, 0.25) is 0 Å². The Morgan fingerprint density at radius 2 is 1.96 bits per heavy atom. The van der Waals surface area contributed by atoms with E-state index in [0.717, 1.165) is 17.0 Å². The monoisotopic (exact) mass is 365 g/mol. The van der Waals surface area contributed by atoms with Crippen LogP contribution in [0, 0.1) is 6.92 Å². The molecular formula is C21H23N3O3. The van der Waals surface area contributed by atoms with Crippen LogP contribution in [0.15, 0.2) is 60.9 Å². The Morgan fingerprint density at radius 1 is 1.19 bits per heavy atom. The highest BCUT2D eigenvalue weighted by molar-refractivity contribution is 5.78. The first kappa shape index (κ1) is 18.5. The number of imidazole rings is 1. The standard InChI is InChI=1S/C21H23N3O3/c1-15-9-10-17(18(13-15)26-3)27-14-19(25)23-20(16-7-5-4-6-8-16)21-22-11-12-24(21)2/h4-13,20H,14H2,1-3H3,(H,23,25). The number of methoxy groups -OCH3 is 1. The topological polar surface area (TPSA) is 65.4 Å². The molecule has 6 heteroatoms. The molecule has 2 aromatic carbocycles. The summed E-state index contributed by atoms with van der Waals surface area (Å²) in [6.45, 7) is 1.85. The van der Waals surface area contributed by atoms with E-state index >= 15 is 0 Å². The van der Waals surface area contributed by atoms with Gasteiger partial charge in [-0.15, -0.1) is 0 Å². The molecule has 0 fully saturated rings. The van der Waals surface area contributed by atoms with Gasteiger partial charge in [-0.25, -0.2) is 4.98 Å². The maximum atomic E-state index is 12.6. The van der Waals surface area contributed by atoms with Gasteiger partial charge < -0.3 is 19.4 Å². The van der Waals surface area contributed by atoms with Crippen LogP contribution < -0.4 is 14.8 Å². The second kappa shape index (κ2) is 8.40. The Balaban J connectivity index is 1.73. The van der Waals surface area contributed by atoms with E-state index in [1.807, 2.05) is 67.2 Å². The summed E-state index contributed by atoms with van der Waals surface area (Å²) in [6, 6.07) is 15.0. The molecular weight excluding hydrogens is 342 g/mol. The van der Waals surface area contributed by atoms with Crippen molar-refractivity contribution in [1.82, 2.24) is 14.9 Å². The van der Waals surface area contributed by atoms with Crippen molar-refractivity contribution in [3.05, 3.63) is 77.9 Å². The number of amides is 1. The average Bonchev–Trinajstić information content (AvgIpc) is 3.11. The number of hydrogen-bond acceptors (Lipinski definition) is 4. The molecule has 0 saturated heterocycles. The molecule has 27 heavy (non-hydrogen) atoms. The van der Waals surface area contributed by atoms with E-state index in [4.69, 9.17) is 9.47 Å². The Morgan fingerprint density at radius 3 is 2.63 bits per heavy atom. The Kier molecular flexibility index (Phi) is 5.76. The summed E-state index contributed by atoms with van der Waals surface area (Å²) in [6.07, 6.45) is 3.57. The van der Waals surface area contributed by atoms with Crippen LogP contribution in [0.5, 0.6) is 11.5 Å². The number of nitrogens with zero attached hydrogens (tertiary/aromatic N) is 2. The van der Waals surface area contributed by atoms with Crippen molar-refractivity contribution in [1.29, 1.82) is 0 Å². The van der Waals surface area contributed by atoms with Crippen LogP contribution in [-0.4, -0.2) is 29.2 Å². The van der Waals surface area contributed by atoms with Crippen molar-refractivity contribution in [3.8, 4) is 11.5 Å². The summed E-state index contributed by atoms with van der Waals surface area (Å²) >= 11 is 0. The van der Waals surface area contributed by atoms with Crippen LogP contribution in [0.1, 0.15) is 23.0 Å². The van der Waals surface area contributed by atoms with Crippen molar-refractivity contribution in [2.75, 3.05) is 13.7 Å². The number of benzene rings is 2. The fraction of sp³-hybridized carbons (Fsp3) is 0.238. The summed E-state index contributed by atoms with van der Waals surface area (Å²) < 4.78 is 12.9. The minimum absolute atomic E-state index is 0.118. The lowest BCUT2D eigenvalue weighted by Crippen LogP contribution is -2.34. The van der Waals surface area contributed by atoms with Crippen molar-refractivity contribution in [3.63, 3.8) is 0 Å². The predicted octanol–water partition coefficient (Wildman–Crippen LogP) is 3.02. The first-order valence-electron chi connectivity index (χ1n) is 8.67. The molecule has 6 nitrogen and oxygen atoms in total. The zero-order valence-corrected chi connectivity index (χ0v) is 15.7. The van der Waals surface area contributed by atoms with E-state index < -0.39 is 0 Å². The van der Waals surface area contributed by atoms with Crippen LogP contribution in [0.4, 0.5) is 0 Å². The number of ether oxygens (including phenoxy) is 2. The third-order valence-corrected chi connectivity index (χ3v) is 4.23. The smallest absolute Gasteiger partial charge is 0.258 e. The minimum Gasteiger partial charge on any atom is -0.493 e. The lowest BCUT2D eigenvalue weighted by Gasteiger charge is -2.19. The number of nitrogens with one attached hydrogen (secondary N) is 1. The van der Waals surface area contributed by atoms with Crippen molar-refractivity contribution < 1.29 is 14.3 Å². The van der Waals surface area contributed by atoms with Gasteiger partial charge in [-0.1, -0.05) is 36.4 Å². The quantitative estimate of drug-likeness (QED) is 0.699. The van der Waals surface area contributed by atoms with Gasteiger partial charge in [0.1, 0.15) is 11.9 Å². The highest BCUT2D eigenvalue weighted by atomic mass is 16.5. The SMILES string of the molecule is COc1cc(C)ccc1OCC(=O)NC(c1ccccc1)c1nccn1C. The van der Waals surface area contributed by atoms with Gasteiger partial charge in [0.2, 0.25) is 0 Å². The van der Waals surface area contributed by atoms with Crippen molar-refractivity contribution in [2.24, 2.45) is 7.05 Å². The van der Waals surface area contributed by atoms with Gasteiger partial charge in [0.25, 0.3) is 5.91 Å². The Hall–Kier alpha value is -3.28. The van der Waals surface area contributed by atoms with Gasteiger partial charge in [-0.3, -0.25) is 4.79 Å². The number of carbonyl (C=O) groups excluding carboxylic acids is 1. The number of aryl methyl sites for hydroxylation is 2. The van der Waals surface area contributed by atoms with Gasteiger partial charge in [-0.2, -0.15) is 0 Å². The molecule has 1 atom stereocenters. The summed E-state index contributed by atoms with van der Waals surface area (Å²) in [5, 5.41) is 3.01. The fourth-order valence-corrected chi connectivity index (χ4v) is 2.84. The fourth-order valence-electron chi connectivity index (χ4n) is 2.84. The molecule has 0 saturated carbocycles. The highest BCUT2D eigenvalue weighted by Gasteiger charge is 2.21.